The number of benzene rings is 2. The summed E-state index contributed by atoms with van der Waals surface area (Å²) in [7, 11) is 2.08. The second kappa shape index (κ2) is 6.84. The van der Waals surface area contributed by atoms with Crippen molar-refractivity contribution in [3.63, 3.8) is 0 Å². The molecule has 0 saturated carbocycles. The SMILES string of the molecule is CC(c1ccc(Cl)cc1)N(C)c1ccc(CCl)cc1Br. The molecule has 2 rings (SSSR count). The van der Waals surface area contributed by atoms with Gasteiger partial charge in [0.25, 0.3) is 0 Å². The monoisotopic (exact) mass is 371 g/mol. The number of alkyl halides is 1. The van der Waals surface area contributed by atoms with Gasteiger partial charge in [-0.15, -0.1) is 11.6 Å². The van der Waals surface area contributed by atoms with E-state index in [-0.39, 0.29) is 6.04 Å². The minimum Gasteiger partial charge on any atom is -0.367 e. The van der Waals surface area contributed by atoms with E-state index in [4.69, 9.17) is 23.2 Å². The normalized spacial score (nSPS) is 12.2. The molecule has 0 aliphatic heterocycles. The first kappa shape index (κ1) is 15.7. The first-order valence-electron chi connectivity index (χ1n) is 6.35. The minimum absolute atomic E-state index is 0.255. The topological polar surface area (TPSA) is 3.24 Å². The standard InChI is InChI=1S/C16H16BrCl2N/c1-11(13-4-6-14(19)7-5-13)20(2)16-8-3-12(10-18)9-15(16)17/h3-9,11H,10H2,1-2H3. The lowest BCUT2D eigenvalue weighted by Gasteiger charge is -2.28. The number of rotatable bonds is 4. The highest BCUT2D eigenvalue weighted by molar-refractivity contribution is 9.10. The smallest absolute Gasteiger partial charge is 0.0513 e. The lowest BCUT2D eigenvalue weighted by Crippen LogP contribution is -2.22. The fourth-order valence-corrected chi connectivity index (χ4v) is 3.09. The second-order valence-electron chi connectivity index (χ2n) is 4.76. The molecule has 1 nitrogen and oxygen atoms in total. The van der Waals surface area contributed by atoms with Crippen molar-refractivity contribution >= 4 is 44.8 Å². The summed E-state index contributed by atoms with van der Waals surface area (Å²) in [6, 6.07) is 14.4. The van der Waals surface area contributed by atoms with Crippen LogP contribution in [0, 0.1) is 0 Å². The molecule has 1 atom stereocenters. The molecule has 4 heteroatoms. The van der Waals surface area contributed by atoms with Crippen LogP contribution >= 0.6 is 39.1 Å². The maximum absolute atomic E-state index is 5.94. The Labute approximate surface area is 138 Å². The summed E-state index contributed by atoms with van der Waals surface area (Å²) in [4.78, 5) is 2.23. The Morgan fingerprint density at radius 2 is 1.80 bits per heavy atom. The number of halogens is 3. The van der Waals surface area contributed by atoms with Gasteiger partial charge in [0.05, 0.1) is 11.7 Å². The molecule has 0 fully saturated rings. The van der Waals surface area contributed by atoms with E-state index in [1.807, 2.05) is 12.1 Å². The molecule has 106 valence electrons. The predicted octanol–water partition coefficient (Wildman–Crippen LogP) is 6.04. The Balaban J connectivity index is 2.26. The molecular weight excluding hydrogens is 357 g/mol. The van der Waals surface area contributed by atoms with Crippen LogP contribution in [0.15, 0.2) is 46.9 Å². The van der Waals surface area contributed by atoms with E-state index >= 15 is 0 Å². The third-order valence-corrected chi connectivity index (χ3v) is 4.68. The summed E-state index contributed by atoms with van der Waals surface area (Å²) in [6.45, 7) is 2.17. The molecule has 0 bridgehead atoms. The maximum Gasteiger partial charge on any atom is 0.0513 e. The van der Waals surface area contributed by atoms with E-state index < -0.39 is 0 Å². The van der Waals surface area contributed by atoms with Crippen LogP contribution in [0.4, 0.5) is 5.69 Å². The van der Waals surface area contributed by atoms with Crippen molar-refractivity contribution in [3.05, 3.63) is 63.1 Å². The highest BCUT2D eigenvalue weighted by Crippen LogP contribution is 2.32. The molecule has 0 spiro atoms. The summed E-state index contributed by atoms with van der Waals surface area (Å²) in [5, 5.41) is 0.760. The van der Waals surface area contributed by atoms with Gasteiger partial charge >= 0.3 is 0 Å². The van der Waals surface area contributed by atoms with E-state index in [1.54, 1.807) is 0 Å². The largest absolute Gasteiger partial charge is 0.367 e. The quantitative estimate of drug-likeness (QED) is 0.591. The van der Waals surface area contributed by atoms with E-state index in [0.29, 0.717) is 5.88 Å². The molecule has 0 heterocycles. The summed E-state index contributed by atoms with van der Waals surface area (Å²) in [5.74, 6) is 0.523. The lowest BCUT2D eigenvalue weighted by molar-refractivity contribution is 0.738. The van der Waals surface area contributed by atoms with Crippen molar-refractivity contribution in [2.45, 2.75) is 18.8 Å². The van der Waals surface area contributed by atoms with Crippen molar-refractivity contribution in [2.24, 2.45) is 0 Å². The van der Waals surface area contributed by atoms with Crippen LogP contribution in [-0.4, -0.2) is 7.05 Å². The zero-order valence-electron chi connectivity index (χ0n) is 11.4. The number of anilines is 1. The Hall–Kier alpha value is -0.700. The van der Waals surface area contributed by atoms with Gasteiger partial charge in [-0.05, 0) is 58.2 Å². The third-order valence-electron chi connectivity index (χ3n) is 3.48. The predicted molar refractivity (Wildman–Crippen MR) is 92.0 cm³/mol. The van der Waals surface area contributed by atoms with Gasteiger partial charge < -0.3 is 4.90 Å². The summed E-state index contributed by atoms with van der Waals surface area (Å²) in [5.41, 5.74) is 3.47. The zero-order valence-corrected chi connectivity index (χ0v) is 14.5. The molecule has 0 saturated heterocycles. The molecule has 0 aliphatic carbocycles. The minimum atomic E-state index is 0.255. The number of nitrogens with zero attached hydrogens (tertiary/aromatic N) is 1. The van der Waals surface area contributed by atoms with Gasteiger partial charge in [-0.25, -0.2) is 0 Å². The Morgan fingerprint density at radius 3 is 2.35 bits per heavy atom. The molecule has 2 aromatic rings. The first-order chi connectivity index (χ1) is 9.52. The summed E-state index contributed by atoms with van der Waals surface area (Å²) < 4.78 is 1.05. The molecular formula is C16H16BrCl2N. The van der Waals surface area contributed by atoms with Gasteiger partial charge in [0.15, 0.2) is 0 Å². The van der Waals surface area contributed by atoms with Crippen LogP contribution in [-0.2, 0) is 5.88 Å². The van der Waals surface area contributed by atoms with Crippen LogP contribution < -0.4 is 4.90 Å². The average molecular weight is 373 g/mol. The summed E-state index contributed by atoms with van der Waals surface area (Å²) in [6.07, 6.45) is 0. The third kappa shape index (κ3) is 3.49. The van der Waals surface area contributed by atoms with Gasteiger partial charge in [0.2, 0.25) is 0 Å². The van der Waals surface area contributed by atoms with Crippen LogP contribution in [0.3, 0.4) is 0 Å². The van der Waals surface area contributed by atoms with Gasteiger partial charge in [-0.2, -0.15) is 0 Å². The highest BCUT2D eigenvalue weighted by Gasteiger charge is 2.14. The van der Waals surface area contributed by atoms with Gasteiger partial charge in [0, 0.05) is 22.4 Å². The van der Waals surface area contributed by atoms with Gasteiger partial charge in [-0.1, -0.05) is 29.8 Å². The lowest BCUT2D eigenvalue weighted by atomic mass is 10.1. The van der Waals surface area contributed by atoms with Crippen molar-refractivity contribution in [1.82, 2.24) is 0 Å². The average Bonchev–Trinajstić information content (AvgIpc) is 2.46. The van der Waals surface area contributed by atoms with E-state index in [1.165, 1.54) is 5.56 Å². The second-order valence-corrected chi connectivity index (χ2v) is 6.32. The van der Waals surface area contributed by atoms with Crippen molar-refractivity contribution in [2.75, 3.05) is 11.9 Å². The fraction of sp³-hybridized carbons (Fsp3) is 0.250. The number of hydrogen-bond donors (Lipinski definition) is 0. The van der Waals surface area contributed by atoms with E-state index in [0.717, 1.165) is 20.7 Å². The van der Waals surface area contributed by atoms with Crippen molar-refractivity contribution < 1.29 is 0 Å². The number of hydrogen-bond acceptors (Lipinski definition) is 1. The Bertz CT molecular complexity index is 584. The van der Waals surface area contributed by atoms with E-state index in [9.17, 15) is 0 Å². The highest BCUT2D eigenvalue weighted by atomic mass is 79.9. The zero-order chi connectivity index (χ0) is 14.7. The molecule has 0 amide bonds. The van der Waals surface area contributed by atoms with Crippen LogP contribution in [0.25, 0.3) is 0 Å². The molecule has 0 N–H and O–H groups in total. The molecule has 0 aliphatic rings. The van der Waals surface area contributed by atoms with Gasteiger partial charge in [0.1, 0.15) is 0 Å². The van der Waals surface area contributed by atoms with Crippen LogP contribution in [0.2, 0.25) is 5.02 Å². The first-order valence-corrected chi connectivity index (χ1v) is 8.06. The van der Waals surface area contributed by atoms with Crippen molar-refractivity contribution in [1.29, 1.82) is 0 Å². The molecule has 1 unspecified atom stereocenters. The molecule has 2 aromatic carbocycles. The molecule has 0 radical (unpaired) electrons. The van der Waals surface area contributed by atoms with Crippen LogP contribution in [0.5, 0.6) is 0 Å². The summed E-state index contributed by atoms with van der Waals surface area (Å²) >= 11 is 15.4. The Kier molecular flexibility index (Phi) is 5.36. The van der Waals surface area contributed by atoms with E-state index in [2.05, 4.69) is 65.1 Å². The Morgan fingerprint density at radius 1 is 1.15 bits per heavy atom. The molecule has 20 heavy (non-hydrogen) atoms. The van der Waals surface area contributed by atoms with Crippen molar-refractivity contribution in [3.8, 4) is 0 Å². The van der Waals surface area contributed by atoms with Crippen LogP contribution in [0.1, 0.15) is 24.1 Å². The maximum atomic E-state index is 5.94. The fourth-order valence-electron chi connectivity index (χ4n) is 2.09. The molecule has 0 aromatic heterocycles. The van der Waals surface area contributed by atoms with Gasteiger partial charge in [-0.3, -0.25) is 0 Å².